The lowest BCUT2D eigenvalue weighted by Gasteiger charge is -2.09. The predicted molar refractivity (Wildman–Crippen MR) is 49.8 cm³/mol. The van der Waals surface area contributed by atoms with Crippen LogP contribution in [-0.4, -0.2) is 28.9 Å². The molecule has 0 aromatic rings. The van der Waals surface area contributed by atoms with Crippen LogP contribution in [0.5, 0.6) is 0 Å². The van der Waals surface area contributed by atoms with Gasteiger partial charge in [-0.25, -0.2) is 0 Å². The molecular weight excluding hydrogens is 158 g/mol. The maximum absolute atomic E-state index is 9.14. The van der Waals surface area contributed by atoms with Gasteiger partial charge in [0, 0.05) is 11.8 Å². The first-order valence-electron chi connectivity index (χ1n) is 4.34. The Morgan fingerprint density at radius 2 is 2.36 bits per heavy atom. The fourth-order valence-corrected chi connectivity index (χ4v) is 2.30. The van der Waals surface area contributed by atoms with Crippen molar-refractivity contribution in [3.8, 4) is 0 Å². The van der Waals surface area contributed by atoms with Gasteiger partial charge in [0.1, 0.15) is 6.23 Å². The summed E-state index contributed by atoms with van der Waals surface area (Å²) in [6, 6.07) is 0.557. The summed E-state index contributed by atoms with van der Waals surface area (Å²) in [6.07, 6.45) is 3.08. The molecule has 1 unspecified atom stereocenters. The molecule has 0 spiro atoms. The Morgan fingerprint density at radius 3 is 2.91 bits per heavy atom. The zero-order chi connectivity index (χ0) is 8.10. The summed E-state index contributed by atoms with van der Waals surface area (Å²) in [5, 5.41) is 12.3. The highest BCUT2D eigenvalue weighted by Gasteiger charge is 2.20. The normalized spacial score (nSPS) is 31.1. The van der Waals surface area contributed by atoms with E-state index in [-0.39, 0.29) is 6.23 Å². The lowest BCUT2D eigenvalue weighted by Crippen LogP contribution is -2.30. The zero-order valence-electron chi connectivity index (χ0n) is 7.05. The van der Waals surface area contributed by atoms with E-state index < -0.39 is 0 Å². The second-order valence-electron chi connectivity index (χ2n) is 3.03. The minimum Gasteiger partial charge on any atom is -0.379 e. The Morgan fingerprint density at radius 1 is 1.55 bits per heavy atom. The number of hydrogen-bond donors (Lipinski definition) is 2. The third kappa shape index (κ3) is 3.45. The first kappa shape index (κ1) is 9.36. The second kappa shape index (κ2) is 5.01. The van der Waals surface area contributed by atoms with E-state index in [9.17, 15) is 0 Å². The van der Waals surface area contributed by atoms with Crippen LogP contribution in [0.15, 0.2) is 0 Å². The molecule has 11 heavy (non-hydrogen) atoms. The third-order valence-electron chi connectivity index (χ3n) is 1.88. The molecule has 0 saturated carbocycles. The molecular formula is C8H17NOS. The molecule has 0 aromatic heterocycles. The molecule has 2 N–H and O–H groups in total. The largest absolute Gasteiger partial charge is 0.379 e. The van der Waals surface area contributed by atoms with Gasteiger partial charge in [0.2, 0.25) is 0 Å². The van der Waals surface area contributed by atoms with Crippen molar-refractivity contribution in [2.45, 2.75) is 38.5 Å². The monoisotopic (exact) mass is 175 g/mol. The maximum atomic E-state index is 9.14. The number of thioether (sulfide) groups is 1. The fourth-order valence-electron chi connectivity index (χ4n) is 1.30. The number of hydrogen-bond acceptors (Lipinski definition) is 3. The SMILES string of the molecule is CCCSC[C@@H]1CCC(O)N1. The minimum atomic E-state index is -0.234. The quantitative estimate of drug-likeness (QED) is 0.630. The van der Waals surface area contributed by atoms with Gasteiger partial charge < -0.3 is 5.11 Å². The summed E-state index contributed by atoms with van der Waals surface area (Å²) in [5.74, 6) is 2.40. The number of rotatable bonds is 4. The van der Waals surface area contributed by atoms with E-state index in [1.807, 2.05) is 11.8 Å². The van der Waals surface area contributed by atoms with Crippen LogP contribution in [-0.2, 0) is 0 Å². The minimum absolute atomic E-state index is 0.234. The van der Waals surface area contributed by atoms with Crippen molar-refractivity contribution in [2.24, 2.45) is 0 Å². The van der Waals surface area contributed by atoms with Crippen molar-refractivity contribution in [3.05, 3.63) is 0 Å². The number of nitrogens with one attached hydrogen (secondary N) is 1. The van der Waals surface area contributed by atoms with E-state index in [1.165, 1.54) is 12.2 Å². The zero-order valence-corrected chi connectivity index (χ0v) is 7.86. The molecule has 0 bridgehead atoms. The first-order chi connectivity index (χ1) is 5.33. The van der Waals surface area contributed by atoms with Gasteiger partial charge >= 0.3 is 0 Å². The molecule has 3 heteroatoms. The van der Waals surface area contributed by atoms with Gasteiger partial charge in [-0.2, -0.15) is 11.8 Å². The predicted octanol–water partition coefficient (Wildman–Crippen LogP) is 1.20. The van der Waals surface area contributed by atoms with Crippen LogP contribution in [0, 0.1) is 0 Å². The molecule has 0 radical (unpaired) electrons. The van der Waals surface area contributed by atoms with Crippen LogP contribution in [0.1, 0.15) is 26.2 Å². The highest BCUT2D eigenvalue weighted by atomic mass is 32.2. The van der Waals surface area contributed by atoms with Gasteiger partial charge in [0.15, 0.2) is 0 Å². The summed E-state index contributed by atoms with van der Waals surface area (Å²) in [5.41, 5.74) is 0. The summed E-state index contributed by atoms with van der Waals surface area (Å²) >= 11 is 1.98. The van der Waals surface area contributed by atoms with Crippen LogP contribution >= 0.6 is 11.8 Å². The van der Waals surface area contributed by atoms with Crippen molar-refractivity contribution in [1.29, 1.82) is 0 Å². The van der Waals surface area contributed by atoms with E-state index in [1.54, 1.807) is 0 Å². The number of aliphatic hydroxyl groups excluding tert-OH is 1. The van der Waals surface area contributed by atoms with Crippen molar-refractivity contribution in [2.75, 3.05) is 11.5 Å². The third-order valence-corrected chi connectivity index (χ3v) is 3.22. The Kier molecular flexibility index (Phi) is 4.26. The molecule has 2 nitrogen and oxygen atoms in total. The second-order valence-corrected chi connectivity index (χ2v) is 4.18. The lowest BCUT2D eigenvalue weighted by atomic mass is 10.2. The molecule has 1 fully saturated rings. The molecule has 0 aliphatic carbocycles. The average molecular weight is 175 g/mol. The van der Waals surface area contributed by atoms with Crippen LogP contribution in [0.3, 0.4) is 0 Å². The molecule has 0 amide bonds. The van der Waals surface area contributed by atoms with E-state index in [0.29, 0.717) is 6.04 Å². The van der Waals surface area contributed by atoms with Gasteiger partial charge in [0.25, 0.3) is 0 Å². The van der Waals surface area contributed by atoms with E-state index >= 15 is 0 Å². The molecule has 1 aliphatic rings. The molecule has 1 heterocycles. The average Bonchev–Trinajstić information content (AvgIpc) is 2.37. The highest BCUT2D eigenvalue weighted by molar-refractivity contribution is 7.99. The Balaban J connectivity index is 1.99. The number of aliphatic hydroxyl groups is 1. The summed E-state index contributed by atoms with van der Waals surface area (Å²) in [6.45, 7) is 2.20. The fraction of sp³-hybridized carbons (Fsp3) is 1.00. The molecule has 1 aliphatic heterocycles. The van der Waals surface area contributed by atoms with Crippen LogP contribution < -0.4 is 5.32 Å². The van der Waals surface area contributed by atoms with Gasteiger partial charge in [0.05, 0.1) is 0 Å². The smallest absolute Gasteiger partial charge is 0.105 e. The summed E-state index contributed by atoms with van der Waals surface area (Å²) in [4.78, 5) is 0. The van der Waals surface area contributed by atoms with Crippen molar-refractivity contribution in [1.82, 2.24) is 5.32 Å². The summed E-state index contributed by atoms with van der Waals surface area (Å²) < 4.78 is 0. The Hall–Kier alpha value is 0.270. The molecule has 1 saturated heterocycles. The van der Waals surface area contributed by atoms with Gasteiger partial charge in [-0.05, 0) is 25.0 Å². The van der Waals surface area contributed by atoms with Crippen molar-refractivity contribution < 1.29 is 5.11 Å². The molecule has 66 valence electrons. The van der Waals surface area contributed by atoms with Crippen LogP contribution in [0.4, 0.5) is 0 Å². The maximum Gasteiger partial charge on any atom is 0.105 e. The molecule has 2 atom stereocenters. The van der Waals surface area contributed by atoms with Gasteiger partial charge in [-0.3, -0.25) is 5.32 Å². The van der Waals surface area contributed by atoms with Gasteiger partial charge in [-0.1, -0.05) is 6.92 Å². The summed E-state index contributed by atoms with van der Waals surface area (Å²) in [7, 11) is 0. The van der Waals surface area contributed by atoms with Gasteiger partial charge in [-0.15, -0.1) is 0 Å². The van der Waals surface area contributed by atoms with Crippen molar-refractivity contribution >= 4 is 11.8 Å². The van der Waals surface area contributed by atoms with Crippen LogP contribution in [0.25, 0.3) is 0 Å². The Bertz CT molecular complexity index is 110. The molecule has 1 rings (SSSR count). The van der Waals surface area contributed by atoms with Crippen LogP contribution in [0.2, 0.25) is 0 Å². The van der Waals surface area contributed by atoms with E-state index in [4.69, 9.17) is 5.11 Å². The molecule has 0 aromatic carbocycles. The Labute approximate surface area is 72.8 Å². The van der Waals surface area contributed by atoms with E-state index in [2.05, 4.69) is 12.2 Å². The van der Waals surface area contributed by atoms with Crippen molar-refractivity contribution in [3.63, 3.8) is 0 Å². The van der Waals surface area contributed by atoms with E-state index in [0.717, 1.165) is 18.6 Å². The lowest BCUT2D eigenvalue weighted by molar-refractivity contribution is 0.156. The standard InChI is InChI=1S/C8H17NOS/c1-2-5-11-6-7-3-4-8(10)9-7/h7-10H,2-6H2,1H3/t7-,8?/m0/s1. The first-order valence-corrected chi connectivity index (χ1v) is 5.50. The topological polar surface area (TPSA) is 32.3 Å². The highest BCUT2D eigenvalue weighted by Crippen LogP contribution is 2.15.